The molecule has 0 spiro atoms. The van der Waals surface area contributed by atoms with Gasteiger partial charge in [-0.2, -0.15) is 0 Å². The number of nitrogens with zero attached hydrogens (tertiary/aromatic N) is 2. The number of pyridine rings is 1. The molecule has 1 amide bonds. The molecule has 0 saturated carbocycles. The summed E-state index contributed by atoms with van der Waals surface area (Å²) in [5.41, 5.74) is 4.13. The maximum Gasteiger partial charge on any atom is 0.407 e. The molecule has 1 aliphatic rings. The van der Waals surface area contributed by atoms with Crippen molar-refractivity contribution in [2.75, 3.05) is 0 Å². The van der Waals surface area contributed by atoms with Crippen molar-refractivity contribution in [2.24, 2.45) is 0 Å². The predicted octanol–water partition coefficient (Wildman–Crippen LogP) is 3.66. The van der Waals surface area contributed by atoms with E-state index in [-0.39, 0.29) is 5.56 Å². The van der Waals surface area contributed by atoms with E-state index in [0.29, 0.717) is 38.4 Å². The minimum Gasteiger partial charge on any atom is -0.489 e. The molecule has 2 aromatic carbocycles. The van der Waals surface area contributed by atoms with Gasteiger partial charge >= 0.3 is 6.09 Å². The van der Waals surface area contributed by atoms with Crippen LogP contribution in [0.4, 0.5) is 4.79 Å². The summed E-state index contributed by atoms with van der Waals surface area (Å²) in [6.45, 7) is 1.84. The highest BCUT2D eigenvalue weighted by Gasteiger charge is 2.22. The Morgan fingerprint density at radius 2 is 1.76 bits per heavy atom. The lowest BCUT2D eigenvalue weighted by Gasteiger charge is -2.10. The first-order valence-corrected chi connectivity index (χ1v) is 9.54. The second-order valence-electron chi connectivity index (χ2n) is 7.16. The second-order valence-corrected chi connectivity index (χ2v) is 7.16. The summed E-state index contributed by atoms with van der Waals surface area (Å²) in [6.07, 6.45) is 1.55. The van der Waals surface area contributed by atoms with Gasteiger partial charge in [0.05, 0.1) is 0 Å². The fourth-order valence-electron chi connectivity index (χ4n) is 3.49. The van der Waals surface area contributed by atoms with Crippen LogP contribution in [0.2, 0.25) is 0 Å². The van der Waals surface area contributed by atoms with Gasteiger partial charge in [-0.15, -0.1) is 0 Å². The Bertz CT molecular complexity index is 1080. The minimum atomic E-state index is -0.899. The summed E-state index contributed by atoms with van der Waals surface area (Å²) >= 11 is 0. The number of benzene rings is 2. The molecule has 0 aliphatic carbocycles. The highest BCUT2D eigenvalue weighted by molar-refractivity contribution is 5.66. The van der Waals surface area contributed by atoms with Crippen molar-refractivity contribution in [1.29, 1.82) is 0 Å². The summed E-state index contributed by atoms with van der Waals surface area (Å²) in [5.74, 6) is 0.557. The number of hydrogen-bond acceptors (Lipinski definition) is 3. The number of fused-ring (bicyclic) bond motifs is 1. The number of carbonyl (C=O) groups is 1. The van der Waals surface area contributed by atoms with E-state index in [1.165, 1.54) is 11.0 Å². The van der Waals surface area contributed by atoms with Gasteiger partial charge in [0.15, 0.2) is 0 Å². The largest absolute Gasteiger partial charge is 0.489 e. The van der Waals surface area contributed by atoms with Crippen molar-refractivity contribution in [3.05, 3.63) is 99.5 Å². The highest BCUT2D eigenvalue weighted by Crippen LogP contribution is 2.24. The van der Waals surface area contributed by atoms with Gasteiger partial charge in [-0.3, -0.25) is 9.69 Å². The molecule has 0 saturated heterocycles. The number of carboxylic acid groups (broad SMARTS) is 1. The minimum absolute atomic E-state index is 0.103. The molecule has 2 heterocycles. The lowest BCUT2D eigenvalue weighted by atomic mass is 10.0. The van der Waals surface area contributed by atoms with Gasteiger partial charge in [0.2, 0.25) is 0 Å². The van der Waals surface area contributed by atoms with Crippen molar-refractivity contribution in [2.45, 2.75) is 32.7 Å². The maximum absolute atomic E-state index is 12.4. The molecule has 148 valence electrons. The third-order valence-electron chi connectivity index (χ3n) is 5.12. The third-order valence-corrected chi connectivity index (χ3v) is 5.12. The fraction of sp³-hybridized carbons (Fsp3) is 0.217. The smallest absolute Gasteiger partial charge is 0.407 e. The Kier molecular flexibility index (Phi) is 5.33. The van der Waals surface area contributed by atoms with Gasteiger partial charge in [-0.05, 0) is 34.7 Å². The molecule has 0 fully saturated rings. The van der Waals surface area contributed by atoms with E-state index >= 15 is 0 Å². The second kappa shape index (κ2) is 8.22. The van der Waals surface area contributed by atoms with Gasteiger partial charge in [0.25, 0.3) is 5.56 Å². The number of rotatable bonds is 6. The summed E-state index contributed by atoms with van der Waals surface area (Å²) in [6, 6.07) is 19.2. The molecule has 4 rings (SSSR count). The zero-order valence-electron chi connectivity index (χ0n) is 16.0. The van der Waals surface area contributed by atoms with E-state index in [9.17, 15) is 9.59 Å². The first-order valence-electron chi connectivity index (χ1n) is 9.54. The van der Waals surface area contributed by atoms with Gasteiger partial charge in [-0.25, -0.2) is 4.79 Å². The van der Waals surface area contributed by atoms with Gasteiger partial charge in [0, 0.05) is 31.9 Å². The zero-order chi connectivity index (χ0) is 20.2. The molecule has 0 unspecified atom stereocenters. The number of hydrogen-bond donors (Lipinski definition) is 1. The highest BCUT2D eigenvalue weighted by atomic mass is 16.5. The molecular formula is C23H22N2O4. The SMILES string of the molecule is O=C(O)N1Cc2ccc(CCn3ccc(OCc4ccccc4)cc3=O)cc2C1. The van der Waals surface area contributed by atoms with Crippen LogP contribution in [0.3, 0.4) is 0 Å². The normalized spacial score (nSPS) is 12.6. The Morgan fingerprint density at radius 1 is 0.966 bits per heavy atom. The third kappa shape index (κ3) is 4.48. The molecule has 0 atom stereocenters. The lowest BCUT2D eigenvalue weighted by Crippen LogP contribution is -2.22. The molecule has 1 aliphatic heterocycles. The van der Waals surface area contributed by atoms with Crippen molar-refractivity contribution < 1.29 is 14.6 Å². The van der Waals surface area contributed by atoms with E-state index in [0.717, 1.165) is 22.3 Å². The van der Waals surface area contributed by atoms with Crippen molar-refractivity contribution in [3.8, 4) is 5.75 Å². The van der Waals surface area contributed by atoms with E-state index in [1.807, 2.05) is 48.5 Å². The van der Waals surface area contributed by atoms with Crippen LogP contribution in [0, 0.1) is 0 Å². The fourth-order valence-corrected chi connectivity index (χ4v) is 3.49. The van der Waals surface area contributed by atoms with Crippen molar-refractivity contribution >= 4 is 6.09 Å². The molecule has 29 heavy (non-hydrogen) atoms. The number of aryl methyl sites for hydroxylation is 2. The number of aromatic nitrogens is 1. The van der Waals surface area contributed by atoms with Crippen LogP contribution in [0.5, 0.6) is 5.75 Å². The first kappa shape index (κ1) is 18.8. The summed E-state index contributed by atoms with van der Waals surface area (Å²) < 4.78 is 7.36. The predicted molar refractivity (Wildman–Crippen MR) is 109 cm³/mol. The quantitative estimate of drug-likeness (QED) is 0.697. The van der Waals surface area contributed by atoms with E-state index < -0.39 is 6.09 Å². The molecule has 1 N–H and O–H groups in total. The van der Waals surface area contributed by atoms with Crippen LogP contribution in [-0.4, -0.2) is 20.7 Å². The lowest BCUT2D eigenvalue weighted by molar-refractivity contribution is 0.145. The Hall–Kier alpha value is -3.54. The topological polar surface area (TPSA) is 71.8 Å². The van der Waals surface area contributed by atoms with Crippen LogP contribution < -0.4 is 10.3 Å². The molecule has 6 nitrogen and oxygen atoms in total. The maximum atomic E-state index is 12.4. The zero-order valence-corrected chi connectivity index (χ0v) is 16.0. The average molecular weight is 390 g/mol. The Morgan fingerprint density at radius 3 is 2.52 bits per heavy atom. The van der Waals surface area contributed by atoms with Crippen molar-refractivity contribution in [3.63, 3.8) is 0 Å². The van der Waals surface area contributed by atoms with Crippen LogP contribution >= 0.6 is 0 Å². The van der Waals surface area contributed by atoms with Crippen LogP contribution in [-0.2, 0) is 32.7 Å². The molecule has 0 bridgehead atoms. The number of amides is 1. The molecule has 0 radical (unpaired) electrons. The Balaban J connectivity index is 1.36. The van der Waals surface area contributed by atoms with E-state index in [1.54, 1.807) is 16.8 Å². The van der Waals surface area contributed by atoms with E-state index in [4.69, 9.17) is 9.84 Å². The van der Waals surface area contributed by atoms with Crippen LogP contribution in [0.25, 0.3) is 0 Å². The standard InChI is InChI=1S/C23H22N2O4/c26-22-13-21(29-16-18-4-2-1-3-5-18)9-11-24(22)10-8-17-6-7-19-14-25(23(27)28)15-20(19)12-17/h1-7,9,11-13H,8,10,14-16H2,(H,27,28). The number of ether oxygens (including phenoxy) is 1. The average Bonchev–Trinajstić information content (AvgIpc) is 3.16. The first-order chi connectivity index (χ1) is 14.1. The summed E-state index contributed by atoms with van der Waals surface area (Å²) in [4.78, 5) is 24.9. The van der Waals surface area contributed by atoms with Crippen molar-refractivity contribution in [1.82, 2.24) is 9.47 Å². The monoisotopic (exact) mass is 390 g/mol. The van der Waals surface area contributed by atoms with E-state index in [2.05, 4.69) is 0 Å². The molecule has 6 heteroatoms. The summed E-state index contributed by atoms with van der Waals surface area (Å²) in [5, 5.41) is 9.14. The van der Waals surface area contributed by atoms with Gasteiger partial charge < -0.3 is 14.4 Å². The Labute approximate surface area is 168 Å². The van der Waals surface area contributed by atoms with Gasteiger partial charge in [-0.1, -0.05) is 48.5 Å². The molecule has 1 aromatic heterocycles. The molecular weight excluding hydrogens is 368 g/mol. The van der Waals surface area contributed by atoms with Gasteiger partial charge in [0.1, 0.15) is 12.4 Å². The summed E-state index contributed by atoms with van der Waals surface area (Å²) in [7, 11) is 0. The van der Waals surface area contributed by atoms with Crippen LogP contribution in [0.15, 0.2) is 71.7 Å². The van der Waals surface area contributed by atoms with Crippen LogP contribution in [0.1, 0.15) is 22.3 Å². The molecule has 3 aromatic rings.